The van der Waals surface area contributed by atoms with Gasteiger partial charge >= 0.3 is 0 Å². The molecule has 2 aromatic heterocycles. The summed E-state index contributed by atoms with van der Waals surface area (Å²) in [5, 5.41) is 20.8. The van der Waals surface area contributed by atoms with Crippen molar-refractivity contribution in [1.82, 2.24) is 9.97 Å². The van der Waals surface area contributed by atoms with Gasteiger partial charge in [0, 0.05) is 40.2 Å². The standard InChI is InChI=1S/C44H38N6S/c1-4-11-36-34(5-2)44(43(51-3)25-40(36)33-16-19-41(50-29-33)42-24-31(27-47)21-23-49-42)39-18-17-35(37-14-9-10-15-38(37)39)32(28-48)13-8-6-7-12-30(26-46)20-22-45/h4-5,8-25,28-29H,2,6-7,45,48H2,1,3H3/b11-4-,13-8-,22-20-,30-12+,32-28+. The molecule has 0 aliphatic heterocycles. The average Bonchev–Trinajstić information content (AvgIpc) is 3.18. The molecule has 3 aromatic carbocycles. The van der Waals surface area contributed by atoms with E-state index in [9.17, 15) is 10.5 Å². The van der Waals surface area contributed by atoms with Gasteiger partial charge in [-0.2, -0.15) is 10.5 Å². The van der Waals surface area contributed by atoms with Crippen molar-refractivity contribution in [3.63, 3.8) is 0 Å². The van der Waals surface area contributed by atoms with E-state index in [2.05, 4.69) is 84.6 Å². The summed E-state index contributed by atoms with van der Waals surface area (Å²) in [6.07, 6.45) is 23.8. The topological polar surface area (TPSA) is 125 Å². The highest BCUT2D eigenvalue weighted by atomic mass is 32.2. The lowest BCUT2D eigenvalue weighted by molar-refractivity contribution is 1.05. The second-order valence-corrected chi connectivity index (χ2v) is 12.3. The summed E-state index contributed by atoms with van der Waals surface area (Å²) in [6, 6.07) is 26.7. The number of benzene rings is 3. The molecule has 0 bridgehead atoms. The summed E-state index contributed by atoms with van der Waals surface area (Å²) >= 11 is 1.69. The molecule has 2 heterocycles. The van der Waals surface area contributed by atoms with Crippen LogP contribution in [0, 0.1) is 22.7 Å². The fourth-order valence-electron chi connectivity index (χ4n) is 6.08. The lowest BCUT2D eigenvalue weighted by Crippen LogP contribution is -1.98. The highest BCUT2D eigenvalue weighted by Gasteiger charge is 2.20. The van der Waals surface area contributed by atoms with Gasteiger partial charge in [0.25, 0.3) is 0 Å². The Labute approximate surface area is 304 Å². The van der Waals surface area contributed by atoms with E-state index in [0.717, 1.165) is 66.6 Å². The van der Waals surface area contributed by atoms with Crippen molar-refractivity contribution < 1.29 is 0 Å². The van der Waals surface area contributed by atoms with Crippen LogP contribution in [-0.4, -0.2) is 16.2 Å². The summed E-state index contributed by atoms with van der Waals surface area (Å²) in [7, 11) is 0. The van der Waals surface area contributed by atoms with Crippen LogP contribution in [0.25, 0.3) is 62.1 Å². The Morgan fingerprint density at radius 3 is 2.39 bits per heavy atom. The Balaban J connectivity index is 1.59. The lowest BCUT2D eigenvalue weighted by atomic mass is 9.86. The van der Waals surface area contributed by atoms with Crippen molar-refractivity contribution in [2.45, 2.75) is 24.7 Å². The number of thioether (sulfide) groups is 1. The van der Waals surface area contributed by atoms with Gasteiger partial charge < -0.3 is 11.5 Å². The number of fused-ring (bicyclic) bond motifs is 1. The normalized spacial score (nSPS) is 12.2. The van der Waals surface area contributed by atoms with Crippen molar-refractivity contribution in [3.8, 4) is 45.8 Å². The van der Waals surface area contributed by atoms with Crippen LogP contribution >= 0.6 is 11.8 Å². The number of pyridine rings is 2. The molecular weight excluding hydrogens is 645 g/mol. The summed E-state index contributed by atoms with van der Waals surface area (Å²) in [4.78, 5) is 10.3. The first-order valence-electron chi connectivity index (χ1n) is 16.4. The quantitative estimate of drug-likeness (QED) is 0.0580. The van der Waals surface area contributed by atoms with Gasteiger partial charge in [-0.3, -0.25) is 9.97 Å². The molecule has 51 heavy (non-hydrogen) atoms. The third kappa shape index (κ3) is 7.92. The minimum Gasteiger partial charge on any atom is -0.405 e. The van der Waals surface area contributed by atoms with Gasteiger partial charge in [-0.25, -0.2) is 0 Å². The molecule has 0 saturated heterocycles. The number of nitriles is 2. The van der Waals surface area contributed by atoms with Crippen LogP contribution in [0.4, 0.5) is 0 Å². The highest BCUT2D eigenvalue weighted by Crippen LogP contribution is 2.45. The fraction of sp³-hybridized carbons (Fsp3) is 0.0909. The van der Waals surface area contributed by atoms with Crippen LogP contribution < -0.4 is 11.5 Å². The first-order valence-corrected chi connectivity index (χ1v) is 17.7. The third-order valence-electron chi connectivity index (χ3n) is 8.44. The molecule has 0 spiro atoms. The molecule has 4 N–H and O–H groups in total. The zero-order valence-electron chi connectivity index (χ0n) is 28.7. The molecule has 0 unspecified atom stereocenters. The predicted molar refractivity (Wildman–Crippen MR) is 215 cm³/mol. The van der Waals surface area contributed by atoms with E-state index < -0.39 is 0 Å². The molecule has 0 saturated carbocycles. The van der Waals surface area contributed by atoms with E-state index in [1.807, 2.05) is 49.6 Å². The number of rotatable bonds is 12. The van der Waals surface area contributed by atoms with Crippen LogP contribution in [0.15, 0.2) is 139 Å². The van der Waals surface area contributed by atoms with Gasteiger partial charge in [-0.15, -0.1) is 11.8 Å². The number of nitrogens with two attached hydrogens (primary N) is 2. The fourth-order valence-corrected chi connectivity index (χ4v) is 6.74. The molecular formula is C44H38N6S. The van der Waals surface area contributed by atoms with Gasteiger partial charge in [0.1, 0.15) is 0 Å². The molecule has 0 aliphatic carbocycles. The molecule has 6 nitrogen and oxygen atoms in total. The Hall–Kier alpha value is -6.41. The predicted octanol–water partition coefficient (Wildman–Crippen LogP) is 10.5. The molecule has 0 amide bonds. The van der Waals surface area contributed by atoms with Crippen LogP contribution in [0.2, 0.25) is 0 Å². The molecule has 5 aromatic rings. The minimum absolute atomic E-state index is 0.542. The number of hydrogen-bond donors (Lipinski definition) is 2. The highest BCUT2D eigenvalue weighted by molar-refractivity contribution is 7.98. The van der Waals surface area contributed by atoms with Crippen molar-refractivity contribution >= 4 is 40.3 Å². The van der Waals surface area contributed by atoms with E-state index in [-0.39, 0.29) is 0 Å². The Bertz CT molecular complexity index is 2310. The monoisotopic (exact) mass is 682 g/mol. The van der Waals surface area contributed by atoms with Gasteiger partial charge in [-0.05, 0) is 107 Å². The number of unbranched alkanes of at least 4 members (excludes halogenated alkanes) is 1. The number of allylic oxidation sites excluding steroid dienone is 7. The second kappa shape index (κ2) is 17.3. The molecule has 0 radical (unpaired) electrons. The molecule has 7 heteroatoms. The van der Waals surface area contributed by atoms with Crippen molar-refractivity contribution in [1.29, 1.82) is 10.5 Å². The van der Waals surface area contributed by atoms with E-state index in [1.54, 1.807) is 42.4 Å². The van der Waals surface area contributed by atoms with Crippen molar-refractivity contribution in [3.05, 3.63) is 156 Å². The summed E-state index contributed by atoms with van der Waals surface area (Å²) < 4.78 is 0. The van der Waals surface area contributed by atoms with Gasteiger partial charge in [0.2, 0.25) is 0 Å². The smallest absolute Gasteiger partial charge is 0.0992 e. The maximum Gasteiger partial charge on any atom is 0.0992 e. The van der Waals surface area contributed by atoms with Gasteiger partial charge in [0.15, 0.2) is 0 Å². The zero-order valence-corrected chi connectivity index (χ0v) is 29.5. The van der Waals surface area contributed by atoms with E-state index in [1.165, 1.54) is 6.20 Å². The zero-order chi connectivity index (χ0) is 36.2. The molecule has 0 fully saturated rings. The van der Waals surface area contributed by atoms with Crippen molar-refractivity contribution in [2.24, 2.45) is 11.5 Å². The Morgan fingerprint density at radius 2 is 1.73 bits per heavy atom. The molecule has 0 aliphatic rings. The van der Waals surface area contributed by atoms with Gasteiger partial charge in [-0.1, -0.05) is 85.5 Å². The van der Waals surface area contributed by atoms with Crippen LogP contribution in [0.1, 0.15) is 42.0 Å². The maximum absolute atomic E-state index is 9.34. The summed E-state index contributed by atoms with van der Waals surface area (Å²) in [5.74, 6) is 0. The first kappa shape index (κ1) is 35.9. The first-order chi connectivity index (χ1) is 25.0. The van der Waals surface area contributed by atoms with Crippen molar-refractivity contribution in [2.75, 3.05) is 6.26 Å². The Morgan fingerprint density at radius 1 is 0.902 bits per heavy atom. The molecule has 5 rings (SSSR count). The van der Waals surface area contributed by atoms with E-state index >= 15 is 0 Å². The van der Waals surface area contributed by atoms with Gasteiger partial charge in [0.05, 0.1) is 29.1 Å². The minimum atomic E-state index is 0.542. The lowest BCUT2D eigenvalue weighted by Gasteiger charge is -2.21. The third-order valence-corrected chi connectivity index (χ3v) is 9.20. The number of nitrogens with zero attached hydrogens (tertiary/aromatic N) is 4. The van der Waals surface area contributed by atoms with E-state index in [0.29, 0.717) is 28.9 Å². The average molecular weight is 683 g/mol. The SMILES string of the molecule is C=Cc1c(/C=C\C)c(-c2ccc(-c3cc(C#N)ccn3)nc2)cc(SC)c1-c1ccc(C(/C=C\CC/C=C(C#N)\C=C/N)=C/N)c2ccccc12. The largest absolute Gasteiger partial charge is 0.405 e. The van der Waals surface area contributed by atoms with Crippen LogP contribution in [0.3, 0.4) is 0 Å². The number of aromatic nitrogens is 2. The summed E-state index contributed by atoms with van der Waals surface area (Å²) in [5.41, 5.74) is 22.3. The number of hydrogen-bond acceptors (Lipinski definition) is 7. The second-order valence-electron chi connectivity index (χ2n) is 11.4. The molecule has 0 atom stereocenters. The summed E-state index contributed by atoms with van der Waals surface area (Å²) in [6.45, 7) is 6.31. The van der Waals surface area contributed by atoms with Crippen LogP contribution in [-0.2, 0) is 0 Å². The Kier molecular flexibility index (Phi) is 12.2. The molecule has 250 valence electrons. The maximum atomic E-state index is 9.34. The van der Waals surface area contributed by atoms with E-state index in [4.69, 9.17) is 16.5 Å². The van der Waals surface area contributed by atoms with Crippen LogP contribution in [0.5, 0.6) is 0 Å².